The maximum absolute atomic E-state index is 10.8. The summed E-state index contributed by atoms with van der Waals surface area (Å²) in [6.45, 7) is 1.69. The largest absolute Gasteiger partial charge is 0.480 e. The first-order chi connectivity index (χ1) is 10.2. The number of nitriles is 1. The SMILES string of the molecule is CCSc1cccc(Sc2nnnn2CC(=O)O)c1C#N. The minimum atomic E-state index is -1.03. The van der Waals surface area contributed by atoms with Crippen LogP contribution in [0.15, 0.2) is 33.1 Å². The van der Waals surface area contributed by atoms with Gasteiger partial charge in [0.15, 0.2) is 0 Å². The Kier molecular flexibility index (Phi) is 5.19. The molecule has 21 heavy (non-hydrogen) atoms. The Labute approximate surface area is 129 Å². The maximum Gasteiger partial charge on any atom is 0.325 e. The van der Waals surface area contributed by atoms with E-state index in [1.165, 1.54) is 16.4 Å². The molecule has 1 aromatic carbocycles. The van der Waals surface area contributed by atoms with Crippen LogP contribution in [-0.4, -0.2) is 37.0 Å². The monoisotopic (exact) mass is 321 g/mol. The number of carboxylic acids is 1. The molecule has 2 aromatic rings. The standard InChI is InChI=1S/C12H11N5O2S2/c1-2-20-9-4-3-5-10(8(9)6-13)21-12-14-15-16-17(12)7-11(18)19/h3-5H,2,7H2,1H3,(H,18,19). The third-order valence-corrected chi connectivity index (χ3v) is 4.36. The van der Waals surface area contributed by atoms with Gasteiger partial charge in [-0.1, -0.05) is 13.0 Å². The molecule has 108 valence electrons. The summed E-state index contributed by atoms with van der Waals surface area (Å²) in [5.74, 6) is -0.167. The van der Waals surface area contributed by atoms with Gasteiger partial charge in [-0.25, -0.2) is 4.68 Å². The van der Waals surface area contributed by atoms with Gasteiger partial charge in [0, 0.05) is 9.79 Å². The summed E-state index contributed by atoms with van der Waals surface area (Å²) in [5, 5.41) is 29.4. The summed E-state index contributed by atoms with van der Waals surface area (Å²) in [6, 6.07) is 7.72. The number of thioether (sulfide) groups is 1. The highest BCUT2D eigenvalue weighted by atomic mass is 32.2. The van der Waals surface area contributed by atoms with Crippen molar-refractivity contribution in [2.45, 2.75) is 28.4 Å². The van der Waals surface area contributed by atoms with E-state index in [1.54, 1.807) is 17.8 Å². The van der Waals surface area contributed by atoms with Gasteiger partial charge in [-0.05, 0) is 40.1 Å². The third-order valence-electron chi connectivity index (χ3n) is 2.38. The van der Waals surface area contributed by atoms with Crippen LogP contribution in [0.25, 0.3) is 0 Å². The molecule has 9 heteroatoms. The molecule has 0 atom stereocenters. The predicted octanol–water partition coefficient (Wildman–Crippen LogP) is 1.89. The summed E-state index contributed by atoms with van der Waals surface area (Å²) in [6.07, 6.45) is 0. The van der Waals surface area contributed by atoms with E-state index in [-0.39, 0.29) is 6.54 Å². The summed E-state index contributed by atoms with van der Waals surface area (Å²) < 4.78 is 1.19. The minimum Gasteiger partial charge on any atom is -0.480 e. The number of tetrazole rings is 1. The molecule has 0 bridgehead atoms. The van der Waals surface area contributed by atoms with Crippen molar-refractivity contribution in [2.24, 2.45) is 0 Å². The Bertz CT molecular complexity index is 695. The van der Waals surface area contributed by atoms with Crippen LogP contribution in [0.3, 0.4) is 0 Å². The Morgan fingerprint density at radius 2 is 2.24 bits per heavy atom. The van der Waals surface area contributed by atoms with Gasteiger partial charge in [0.2, 0.25) is 5.16 Å². The Morgan fingerprint density at radius 3 is 2.90 bits per heavy atom. The molecule has 0 aliphatic carbocycles. The topological polar surface area (TPSA) is 105 Å². The van der Waals surface area contributed by atoms with Gasteiger partial charge < -0.3 is 5.11 Å². The number of aliphatic carboxylic acids is 1. The van der Waals surface area contributed by atoms with Crippen molar-refractivity contribution in [1.29, 1.82) is 5.26 Å². The molecule has 0 fully saturated rings. The highest BCUT2D eigenvalue weighted by Crippen LogP contribution is 2.33. The molecule has 2 rings (SSSR count). The van der Waals surface area contributed by atoms with E-state index >= 15 is 0 Å². The smallest absolute Gasteiger partial charge is 0.325 e. The van der Waals surface area contributed by atoms with Crippen molar-refractivity contribution < 1.29 is 9.90 Å². The Balaban J connectivity index is 2.32. The first-order valence-corrected chi connectivity index (χ1v) is 7.77. The van der Waals surface area contributed by atoms with Crippen molar-refractivity contribution in [3.05, 3.63) is 23.8 Å². The van der Waals surface area contributed by atoms with Gasteiger partial charge in [0.1, 0.15) is 12.6 Å². The lowest BCUT2D eigenvalue weighted by atomic mass is 10.2. The van der Waals surface area contributed by atoms with Crippen molar-refractivity contribution in [2.75, 3.05) is 5.75 Å². The second-order valence-corrected chi connectivity index (χ2v) is 6.10. The fourth-order valence-corrected chi connectivity index (χ4v) is 3.31. The van der Waals surface area contributed by atoms with Gasteiger partial charge in [0.25, 0.3) is 0 Å². The zero-order chi connectivity index (χ0) is 15.2. The molecular formula is C12H11N5O2S2. The van der Waals surface area contributed by atoms with Gasteiger partial charge >= 0.3 is 5.97 Å². The van der Waals surface area contributed by atoms with Crippen molar-refractivity contribution in [1.82, 2.24) is 20.2 Å². The summed E-state index contributed by atoms with van der Waals surface area (Å²) in [4.78, 5) is 12.3. The number of hydrogen-bond acceptors (Lipinski definition) is 7. The highest BCUT2D eigenvalue weighted by molar-refractivity contribution is 8.00. The zero-order valence-corrected chi connectivity index (χ0v) is 12.7. The average Bonchev–Trinajstić information content (AvgIpc) is 2.86. The molecule has 1 N–H and O–H groups in total. The molecule has 0 aliphatic rings. The van der Waals surface area contributed by atoms with E-state index in [0.717, 1.165) is 10.6 Å². The van der Waals surface area contributed by atoms with Crippen LogP contribution >= 0.6 is 23.5 Å². The number of benzene rings is 1. The quantitative estimate of drug-likeness (QED) is 0.804. The van der Waals surface area contributed by atoms with Crippen LogP contribution in [-0.2, 0) is 11.3 Å². The van der Waals surface area contributed by atoms with Gasteiger partial charge in [-0.15, -0.1) is 16.9 Å². The van der Waals surface area contributed by atoms with Crippen molar-refractivity contribution in [3.8, 4) is 6.07 Å². The second kappa shape index (κ2) is 7.10. The van der Waals surface area contributed by atoms with E-state index in [0.29, 0.717) is 15.6 Å². The maximum atomic E-state index is 10.8. The number of hydrogen-bond donors (Lipinski definition) is 1. The first kappa shape index (κ1) is 15.3. The number of nitrogens with zero attached hydrogens (tertiary/aromatic N) is 5. The number of carbonyl (C=O) groups is 1. The predicted molar refractivity (Wildman–Crippen MR) is 77.1 cm³/mol. The van der Waals surface area contributed by atoms with Crippen LogP contribution < -0.4 is 0 Å². The molecule has 0 aliphatic heterocycles. The van der Waals surface area contributed by atoms with Crippen LogP contribution in [0.2, 0.25) is 0 Å². The first-order valence-electron chi connectivity index (χ1n) is 5.97. The molecule has 0 spiro atoms. The van der Waals surface area contributed by atoms with Gasteiger partial charge in [-0.2, -0.15) is 5.26 Å². The Hall–Kier alpha value is -2.05. The van der Waals surface area contributed by atoms with Crippen molar-refractivity contribution >= 4 is 29.5 Å². The fraction of sp³-hybridized carbons (Fsp3) is 0.250. The Morgan fingerprint density at radius 1 is 1.48 bits per heavy atom. The van der Waals surface area contributed by atoms with Gasteiger partial charge in [-0.3, -0.25) is 4.79 Å². The summed E-state index contributed by atoms with van der Waals surface area (Å²) in [7, 11) is 0. The zero-order valence-electron chi connectivity index (χ0n) is 11.1. The average molecular weight is 321 g/mol. The number of rotatable bonds is 6. The van der Waals surface area contributed by atoms with Crippen LogP contribution in [0.4, 0.5) is 0 Å². The summed E-state index contributed by atoms with van der Waals surface area (Å²) >= 11 is 2.76. The molecule has 0 radical (unpaired) electrons. The number of carboxylic acid groups (broad SMARTS) is 1. The van der Waals surface area contributed by atoms with E-state index in [9.17, 15) is 10.1 Å². The van der Waals surface area contributed by atoms with Crippen LogP contribution in [0, 0.1) is 11.3 Å². The molecular weight excluding hydrogens is 310 g/mol. The van der Waals surface area contributed by atoms with E-state index < -0.39 is 5.97 Å². The van der Waals surface area contributed by atoms with Gasteiger partial charge in [0.05, 0.1) is 5.56 Å². The lowest BCUT2D eigenvalue weighted by Gasteiger charge is -2.07. The summed E-state index contributed by atoms with van der Waals surface area (Å²) in [5.41, 5.74) is 0.555. The second-order valence-electron chi connectivity index (χ2n) is 3.79. The number of aromatic nitrogens is 4. The minimum absolute atomic E-state index is 0.319. The van der Waals surface area contributed by atoms with E-state index in [2.05, 4.69) is 21.6 Å². The lowest BCUT2D eigenvalue weighted by Crippen LogP contribution is -2.11. The third kappa shape index (κ3) is 3.74. The molecule has 1 heterocycles. The fourth-order valence-electron chi connectivity index (χ4n) is 1.58. The lowest BCUT2D eigenvalue weighted by molar-refractivity contribution is -0.138. The van der Waals surface area contributed by atoms with Crippen LogP contribution in [0.1, 0.15) is 12.5 Å². The highest BCUT2D eigenvalue weighted by Gasteiger charge is 2.15. The molecule has 7 nitrogen and oxygen atoms in total. The molecule has 0 unspecified atom stereocenters. The van der Waals surface area contributed by atoms with E-state index in [1.807, 2.05) is 19.1 Å². The van der Waals surface area contributed by atoms with E-state index in [4.69, 9.17) is 5.11 Å². The molecule has 1 aromatic heterocycles. The normalized spacial score (nSPS) is 10.3. The van der Waals surface area contributed by atoms with Crippen LogP contribution in [0.5, 0.6) is 0 Å². The van der Waals surface area contributed by atoms with Crippen molar-refractivity contribution in [3.63, 3.8) is 0 Å². The molecule has 0 amide bonds. The molecule has 0 saturated heterocycles. The molecule has 0 saturated carbocycles.